The van der Waals surface area contributed by atoms with Crippen LogP contribution in [0.2, 0.25) is 5.02 Å². The molecule has 2 fully saturated rings. The zero-order valence-corrected chi connectivity index (χ0v) is 13.6. The molecule has 1 saturated carbocycles. The van der Waals surface area contributed by atoms with Gasteiger partial charge in [0, 0.05) is 11.6 Å². The minimum absolute atomic E-state index is 0. The van der Waals surface area contributed by atoms with Crippen LogP contribution < -0.4 is 10.6 Å². The smallest absolute Gasteiger partial charge is 0.225 e. The second-order valence-electron chi connectivity index (χ2n) is 5.98. The van der Waals surface area contributed by atoms with Crippen LogP contribution in [0.15, 0.2) is 24.3 Å². The lowest BCUT2D eigenvalue weighted by atomic mass is 9.87. The third-order valence-corrected chi connectivity index (χ3v) is 4.86. The molecule has 1 saturated heterocycles. The second-order valence-corrected chi connectivity index (χ2v) is 6.41. The summed E-state index contributed by atoms with van der Waals surface area (Å²) < 4.78 is 0. The van der Waals surface area contributed by atoms with Crippen LogP contribution in [0.3, 0.4) is 0 Å². The van der Waals surface area contributed by atoms with Crippen LogP contribution in [0.25, 0.3) is 0 Å². The van der Waals surface area contributed by atoms with Gasteiger partial charge in [0.2, 0.25) is 5.91 Å². The fraction of sp³-hybridized carbons (Fsp3) is 0.562. The summed E-state index contributed by atoms with van der Waals surface area (Å²) in [6, 6.07) is 7.95. The largest absolute Gasteiger partial charge is 0.346 e. The predicted octanol–water partition coefficient (Wildman–Crippen LogP) is 3.26. The Labute approximate surface area is 137 Å². The first-order valence-corrected chi connectivity index (χ1v) is 7.86. The molecule has 21 heavy (non-hydrogen) atoms. The molecule has 1 aromatic rings. The molecule has 1 unspecified atom stereocenters. The molecule has 1 aliphatic heterocycles. The monoisotopic (exact) mass is 328 g/mol. The number of rotatable bonds is 3. The number of hydrogen-bond donors (Lipinski definition) is 2. The SMILES string of the molecule is Cl.O=C(NC1(c2cccc(Cl)c2)CCCC1)C1CCNC1. The summed E-state index contributed by atoms with van der Waals surface area (Å²) >= 11 is 6.13. The van der Waals surface area contributed by atoms with Crippen LogP contribution >= 0.6 is 24.0 Å². The highest BCUT2D eigenvalue weighted by Gasteiger charge is 2.38. The zero-order valence-electron chi connectivity index (χ0n) is 12.0. The Morgan fingerprint density at radius 2 is 2.10 bits per heavy atom. The molecule has 1 aliphatic carbocycles. The van der Waals surface area contributed by atoms with E-state index in [2.05, 4.69) is 16.7 Å². The lowest BCUT2D eigenvalue weighted by molar-refractivity contribution is -0.126. The minimum Gasteiger partial charge on any atom is -0.346 e. The summed E-state index contributed by atoms with van der Waals surface area (Å²) in [6.45, 7) is 1.75. The van der Waals surface area contributed by atoms with E-state index in [9.17, 15) is 4.79 Å². The molecule has 2 aliphatic rings. The molecule has 0 bridgehead atoms. The van der Waals surface area contributed by atoms with Crippen molar-refractivity contribution in [1.29, 1.82) is 0 Å². The standard InChI is InChI=1S/C16H21ClN2O.ClH/c17-14-5-3-4-13(10-14)16(7-1-2-8-16)19-15(20)12-6-9-18-11-12;/h3-5,10,12,18H,1-2,6-9,11H2,(H,19,20);1H. The van der Waals surface area contributed by atoms with Gasteiger partial charge < -0.3 is 10.6 Å². The number of carbonyl (C=O) groups is 1. The average molecular weight is 329 g/mol. The maximum absolute atomic E-state index is 12.5. The highest BCUT2D eigenvalue weighted by atomic mass is 35.5. The quantitative estimate of drug-likeness (QED) is 0.894. The van der Waals surface area contributed by atoms with E-state index in [4.69, 9.17) is 11.6 Å². The Bertz CT molecular complexity index is 495. The van der Waals surface area contributed by atoms with Crippen molar-refractivity contribution in [3.05, 3.63) is 34.9 Å². The van der Waals surface area contributed by atoms with Gasteiger partial charge >= 0.3 is 0 Å². The van der Waals surface area contributed by atoms with Gasteiger partial charge in [-0.1, -0.05) is 36.6 Å². The molecular formula is C16H22Cl2N2O. The Kier molecular flexibility index (Phi) is 5.53. The van der Waals surface area contributed by atoms with E-state index in [-0.39, 0.29) is 29.8 Å². The van der Waals surface area contributed by atoms with E-state index in [0.29, 0.717) is 0 Å². The van der Waals surface area contributed by atoms with Gasteiger partial charge in [-0.25, -0.2) is 0 Å². The van der Waals surface area contributed by atoms with Crippen LogP contribution in [-0.2, 0) is 10.3 Å². The first kappa shape index (κ1) is 16.6. The first-order valence-electron chi connectivity index (χ1n) is 7.48. The third kappa shape index (κ3) is 3.53. The molecule has 0 aromatic heterocycles. The topological polar surface area (TPSA) is 41.1 Å². The molecule has 0 spiro atoms. The van der Waals surface area contributed by atoms with Crippen LogP contribution in [0.1, 0.15) is 37.7 Å². The lowest BCUT2D eigenvalue weighted by Gasteiger charge is -2.32. The summed E-state index contributed by atoms with van der Waals surface area (Å²) in [4.78, 5) is 12.5. The Morgan fingerprint density at radius 1 is 1.33 bits per heavy atom. The van der Waals surface area contributed by atoms with Gasteiger partial charge in [-0.2, -0.15) is 0 Å². The molecule has 1 amide bonds. The van der Waals surface area contributed by atoms with Crippen LogP contribution in [0.4, 0.5) is 0 Å². The maximum Gasteiger partial charge on any atom is 0.225 e. The van der Waals surface area contributed by atoms with Gasteiger partial charge in [-0.3, -0.25) is 4.79 Å². The summed E-state index contributed by atoms with van der Waals surface area (Å²) in [5.74, 6) is 0.309. The highest BCUT2D eigenvalue weighted by Crippen LogP contribution is 2.39. The fourth-order valence-electron chi connectivity index (χ4n) is 3.47. The summed E-state index contributed by atoms with van der Waals surface area (Å²) in [5.41, 5.74) is 0.951. The van der Waals surface area contributed by atoms with Crippen LogP contribution in [0.5, 0.6) is 0 Å². The Balaban J connectivity index is 0.00000161. The lowest BCUT2D eigenvalue weighted by Crippen LogP contribution is -2.46. The molecule has 2 N–H and O–H groups in total. The molecule has 116 valence electrons. The molecular weight excluding hydrogens is 307 g/mol. The average Bonchev–Trinajstić information content (AvgIpc) is 3.10. The zero-order chi connectivity index (χ0) is 14.0. The first-order chi connectivity index (χ1) is 9.70. The fourth-order valence-corrected chi connectivity index (χ4v) is 3.66. The number of carbonyl (C=O) groups excluding carboxylic acids is 1. The molecule has 1 heterocycles. The van der Waals surface area contributed by atoms with E-state index in [1.54, 1.807) is 0 Å². The van der Waals surface area contributed by atoms with Crippen molar-refractivity contribution in [2.75, 3.05) is 13.1 Å². The molecule has 3 nitrogen and oxygen atoms in total. The van der Waals surface area contributed by atoms with Gasteiger partial charge in [0.15, 0.2) is 0 Å². The molecule has 3 rings (SSSR count). The van der Waals surface area contributed by atoms with Crippen molar-refractivity contribution in [2.24, 2.45) is 5.92 Å². The number of amides is 1. The van der Waals surface area contributed by atoms with Crippen LogP contribution in [0, 0.1) is 5.92 Å². The second kappa shape index (κ2) is 6.99. The van der Waals surface area contributed by atoms with Crippen molar-refractivity contribution in [1.82, 2.24) is 10.6 Å². The minimum atomic E-state index is -0.204. The summed E-state index contributed by atoms with van der Waals surface area (Å²) in [6.07, 6.45) is 5.29. The van der Waals surface area contributed by atoms with Gasteiger partial charge in [0.25, 0.3) is 0 Å². The molecule has 0 radical (unpaired) electrons. The number of benzene rings is 1. The highest BCUT2D eigenvalue weighted by molar-refractivity contribution is 6.30. The molecule has 5 heteroatoms. The summed E-state index contributed by atoms with van der Waals surface area (Å²) in [7, 11) is 0. The van der Waals surface area contributed by atoms with Crippen molar-refractivity contribution in [2.45, 2.75) is 37.6 Å². The number of halogens is 2. The van der Waals surface area contributed by atoms with Crippen molar-refractivity contribution < 1.29 is 4.79 Å². The van der Waals surface area contributed by atoms with E-state index in [1.807, 2.05) is 18.2 Å². The van der Waals surface area contributed by atoms with Crippen molar-refractivity contribution in [3.63, 3.8) is 0 Å². The van der Waals surface area contributed by atoms with Gasteiger partial charge in [0.05, 0.1) is 11.5 Å². The summed E-state index contributed by atoms with van der Waals surface area (Å²) in [5, 5.41) is 7.34. The number of nitrogens with one attached hydrogen (secondary N) is 2. The molecule has 1 atom stereocenters. The van der Waals surface area contributed by atoms with Gasteiger partial charge in [-0.05, 0) is 43.5 Å². The Hall–Kier alpha value is -0.770. The van der Waals surface area contributed by atoms with E-state index >= 15 is 0 Å². The van der Waals surface area contributed by atoms with Gasteiger partial charge in [0.1, 0.15) is 0 Å². The molecule has 1 aromatic carbocycles. The third-order valence-electron chi connectivity index (χ3n) is 4.63. The normalized spacial score (nSPS) is 23.6. The van der Waals surface area contributed by atoms with E-state index in [1.165, 1.54) is 0 Å². The van der Waals surface area contributed by atoms with E-state index in [0.717, 1.165) is 55.8 Å². The maximum atomic E-state index is 12.5. The predicted molar refractivity (Wildman–Crippen MR) is 88.0 cm³/mol. The number of hydrogen-bond acceptors (Lipinski definition) is 2. The van der Waals surface area contributed by atoms with Crippen molar-refractivity contribution in [3.8, 4) is 0 Å². The van der Waals surface area contributed by atoms with Gasteiger partial charge in [-0.15, -0.1) is 12.4 Å². The van der Waals surface area contributed by atoms with Crippen LogP contribution in [-0.4, -0.2) is 19.0 Å². The van der Waals surface area contributed by atoms with E-state index < -0.39 is 0 Å². The Morgan fingerprint density at radius 3 is 2.71 bits per heavy atom. The van der Waals surface area contributed by atoms with Crippen molar-refractivity contribution >= 4 is 29.9 Å².